The zero-order valence-corrected chi connectivity index (χ0v) is 20.4. The third-order valence-corrected chi connectivity index (χ3v) is 8.43. The Morgan fingerprint density at radius 3 is 2.69 bits per heavy atom. The number of nitrogens with zero attached hydrogens (tertiary/aromatic N) is 7. The van der Waals surface area contributed by atoms with Crippen molar-refractivity contribution >= 4 is 22.9 Å². The molecule has 35 heavy (non-hydrogen) atoms. The summed E-state index contributed by atoms with van der Waals surface area (Å²) in [6.07, 6.45) is 16.7. The molecular weight excluding hydrogens is 460 g/mol. The standard InChI is InChI=1S/C26H29ClN8/c27-26-15-25(16-26,17-26)8-22(28)18-3-4-24-30-20(12-34(24)11-18)13-35-14-23(31-32-35)19-7-21(10-29-9-19)33-5-1-2-6-33/h3-4,7,9-12,14,22H,1-2,5-6,8,13,15-17,28H2. The Kier molecular flexibility index (Phi) is 4.73. The second kappa shape index (κ2) is 7.77. The van der Waals surface area contributed by atoms with E-state index in [0.29, 0.717) is 12.0 Å². The minimum atomic E-state index is 0.0228. The van der Waals surface area contributed by atoms with E-state index in [2.05, 4.69) is 49.1 Å². The molecule has 2 bridgehead atoms. The van der Waals surface area contributed by atoms with Gasteiger partial charge in [0.05, 0.1) is 30.3 Å². The van der Waals surface area contributed by atoms with Gasteiger partial charge in [-0.2, -0.15) is 0 Å². The molecule has 180 valence electrons. The van der Waals surface area contributed by atoms with Crippen LogP contribution in [0.4, 0.5) is 5.69 Å². The first-order valence-electron chi connectivity index (χ1n) is 12.5. The number of imidazole rings is 1. The fourth-order valence-corrected chi connectivity index (χ4v) is 7.26. The molecule has 8 nitrogen and oxygen atoms in total. The Morgan fingerprint density at radius 1 is 1.06 bits per heavy atom. The van der Waals surface area contributed by atoms with Crippen molar-refractivity contribution in [3.05, 3.63) is 60.4 Å². The van der Waals surface area contributed by atoms with E-state index in [1.807, 2.05) is 29.3 Å². The van der Waals surface area contributed by atoms with E-state index in [0.717, 1.165) is 72.6 Å². The Balaban J connectivity index is 1.06. The Hall–Kier alpha value is -2.97. The summed E-state index contributed by atoms with van der Waals surface area (Å²) in [6, 6.07) is 6.33. The molecule has 1 saturated heterocycles. The summed E-state index contributed by atoms with van der Waals surface area (Å²) in [5.41, 5.74) is 12.9. The average Bonchev–Trinajstić information content (AvgIpc) is 3.58. The second-order valence-corrected chi connectivity index (χ2v) is 11.7. The van der Waals surface area contributed by atoms with Gasteiger partial charge in [0, 0.05) is 48.2 Å². The molecule has 1 atom stereocenters. The van der Waals surface area contributed by atoms with Crippen molar-refractivity contribution in [2.45, 2.75) is 56.0 Å². The molecule has 0 amide bonds. The second-order valence-electron chi connectivity index (χ2n) is 10.9. The molecule has 3 aliphatic carbocycles. The third-order valence-electron chi connectivity index (χ3n) is 8.03. The van der Waals surface area contributed by atoms with Gasteiger partial charge in [0.15, 0.2) is 0 Å². The molecule has 8 rings (SSSR count). The van der Waals surface area contributed by atoms with E-state index < -0.39 is 0 Å². The lowest BCUT2D eigenvalue weighted by atomic mass is 9.42. The van der Waals surface area contributed by atoms with Crippen LogP contribution in [0.2, 0.25) is 0 Å². The van der Waals surface area contributed by atoms with Gasteiger partial charge in [-0.05, 0) is 61.6 Å². The summed E-state index contributed by atoms with van der Waals surface area (Å²) in [5, 5.41) is 8.73. The summed E-state index contributed by atoms with van der Waals surface area (Å²) in [7, 11) is 0. The predicted molar refractivity (Wildman–Crippen MR) is 135 cm³/mol. The van der Waals surface area contributed by atoms with Crippen LogP contribution in [0.5, 0.6) is 0 Å². The maximum Gasteiger partial charge on any atom is 0.137 e. The Morgan fingerprint density at radius 2 is 1.89 bits per heavy atom. The van der Waals surface area contributed by atoms with Crippen LogP contribution in [0, 0.1) is 5.41 Å². The van der Waals surface area contributed by atoms with Crippen LogP contribution >= 0.6 is 11.6 Å². The molecule has 2 N–H and O–H groups in total. The van der Waals surface area contributed by atoms with Gasteiger partial charge in [-0.3, -0.25) is 4.98 Å². The van der Waals surface area contributed by atoms with Crippen LogP contribution in [0.25, 0.3) is 16.9 Å². The Labute approximate surface area is 209 Å². The minimum Gasteiger partial charge on any atom is -0.370 e. The number of alkyl halides is 1. The van der Waals surface area contributed by atoms with E-state index in [-0.39, 0.29) is 10.9 Å². The predicted octanol–water partition coefficient (Wildman–Crippen LogP) is 4.19. The summed E-state index contributed by atoms with van der Waals surface area (Å²) in [6.45, 7) is 2.73. The normalized spacial score (nSPS) is 26.1. The van der Waals surface area contributed by atoms with Crippen molar-refractivity contribution in [1.82, 2.24) is 29.4 Å². The van der Waals surface area contributed by atoms with Gasteiger partial charge in [-0.15, -0.1) is 16.7 Å². The number of rotatable bonds is 7. The van der Waals surface area contributed by atoms with Gasteiger partial charge < -0.3 is 15.0 Å². The molecule has 1 unspecified atom stereocenters. The van der Waals surface area contributed by atoms with E-state index in [1.54, 1.807) is 0 Å². The summed E-state index contributed by atoms with van der Waals surface area (Å²) in [5.74, 6) is 0. The van der Waals surface area contributed by atoms with E-state index in [1.165, 1.54) is 12.8 Å². The van der Waals surface area contributed by atoms with Crippen LogP contribution in [0.1, 0.15) is 55.8 Å². The lowest BCUT2D eigenvalue weighted by Crippen LogP contribution is -2.64. The fourth-order valence-electron chi connectivity index (χ4n) is 6.41. The number of pyridine rings is 2. The summed E-state index contributed by atoms with van der Waals surface area (Å²) >= 11 is 6.44. The number of nitrogens with two attached hydrogens (primary N) is 1. The average molecular weight is 489 g/mol. The zero-order chi connectivity index (χ0) is 23.6. The summed E-state index contributed by atoms with van der Waals surface area (Å²) in [4.78, 5) is 11.7. The molecule has 4 aliphatic rings. The molecule has 1 aliphatic heterocycles. The highest BCUT2D eigenvalue weighted by Crippen LogP contribution is 2.73. The smallest absolute Gasteiger partial charge is 0.137 e. The first kappa shape index (κ1) is 21.3. The van der Waals surface area contributed by atoms with Crippen molar-refractivity contribution < 1.29 is 0 Å². The van der Waals surface area contributed by atoms with Crippen LogP contribution in [0.15, 0.2) is 49.2 Å². The molecule has 4 aromatic heterocycles. The first-order chi connectivity index (χ1) is 17.0. The van der Waals surface area contributed by atoms with Gasteiger partial charge in [0.25, 0.3) is 0 Å². The largest absolute Gasteiger partial charge is 0.370 e. The minimum absolute atomic E-state index is 0.0228. The molecule has 4 fully saturated rings. The maximum atomic E-state index is 6.58. The molecule has 9 heteroatoms. The van der Waals surface area contributed by atoms with Crippen molar-refractivity contribution in [1.29, 1.82) is 0 Å². The lowest BCUT2D eigenvalue weighted by Gasteiger charge is -2.68. The third kappa shape index (κ3) is 3.79. The number of hydrogen-bond acceptors (Lipinski definition) is 6. The van der Waals surface area contributed by atoms with Gasteiger partial charge in [-0.25, -0.2) is 9.67 Å². The Bertz CT molecular complexity index is 1380. The van der Waals surface area contributed by atoms with Gasteiger partial charge in [-0.1, -0.05) is 11.3 Å². The molecule has 0 radical (unpaired) electrons. The number of halogens is 1. The van der Waals surface area contributed by atoms with Crippen molar-refractivity contribution in [3.8, 4) is 11.3 Å². The molecule has 4 aromatic rings. The van der Waals surface area contributed by atoms with Crippen LogP contribution in [-0.2, 0) is 6.54 Å². The first-order valence-corrected chi connectivity index (χ1v) is 12.9. The zero-order valence-electron chi connectivity index (χ0n) is 19.6. The lowest BCUT2D eigenvalue weighted by molar-refractivity contribution is -0.0914. The van der Waals surface area contributed by atoms with Crippen molar-refractivity contribution in [3.63, 3.8) is 0 Å². The van der Waals surface area contributed by atoms with Crippen LogP contribution in [-0.4, -0.2) is 47.3 Å². The molecule has 3 saturated carbocycles. The molecule has 0 spiro atoms. The number of aromatic nitrogens is 6. The van der Waals surface area contributed by atoms with E-state index in [4.69, 9.17) is 22.3 Å². The van der Waals surface area contributed by atoms with Gasteiger partial charge in [0.1, 0.15) is 11.3 Å². The topological polar surface area (TPSA) is 90.2 Å². The van der Waals surface area contributed by atoms with E-state index in [9.17, 15) is 0 Å². The number of fused-ring (bicyclic) bond motifs is 1. The highest BCUT2D eigenvalue weighted by molar-refractivity contribution is 6.26. The molecule has 0 aromatic carbocycles. The van der Waals surface area contributed by atoms with Crippen molar-refractivity contribution in [2.24, 2.45) is 11.1 Å². The highest BCUT2D eigenvalue weighted by atomic mass is 35.5. The van der Waals surface area contributed by atoms with Crippen LogP contribution < -0.4 is 10.6 Å². The maximum absolute atomic E-state index is 6.58. The number of hydrogen-bond donors (Lipinski definition) is 1. The SMILES string of the molecule is NC(CC12CC(Cl)(C1)C2)c1ccc2nc(Cn3cc(-c4cncc(N5CCCC5)c4)nn3)cn2c1. The van der Waals surface area contributed by atoms with E-state index >= 15 is 0 Å². The van der Waals surface area contributed by atoms with Crippen LogP contribution in [0.3, 0.4) is 0 Å². The molecule has 5 heterocycles. The summed E-state index contributed by atoms with van der Waals surface area (Å²) < 4.78 is 3.90. The van der Waals surface area contributed by atoms with Gasteiger partial charge in [0.2, 0.25) is 0 Å². The van der Waals surface area contributed by atoms with Gasteiger partial charge >= 0.3 is 0 Å². The fraction of sp³-hybridized carbons (Fsp3) is 0.462. The molecular formula is C26H29ClN8. The quantitative estimate of drug-likeness (QED) is 0.392. The highest BCUT2D eigenvalue weighted by Gasteiger charge is 2.66. The number of anilines is 1. The van der Waals surface area contributed by atoms with Crippen molar-refractivity contribution in [2.75, 3.05) is 18.0 Å². The monoisotopic (exact) mass is 488 g/mol.